The molecule has 1 aliphatic rings. The van der Waals surface area contributed by atoms with Crippen LogP contribution in [-0.2, 0) is 33.3 Å². The Hall–Kier alpha value is -2.41. The van der Waals surface area contributed by atoms with E-state index in [9.17, 15) is 14.4 Å². The van der Waals surface area contributed by atoms with Crippen LogP contribution in [0.5, 0.6) is 0 Å². The molecule has 7 heteroatoms. The topological polar surface area (TPSA) is 88.1 Å². The van der Waals surface area contributed by atoms with Gasteiger partial charge in [-0.1, -0.05) is 19.7 Å². The molecule has 25 heavy (non-hydrogen) atoms. The Kier molecular flexibility index (Phi) is 7.57. The average molecular weight is 352 g/mol. The van der Waals surface area contributed by atoms with Gasteiger partial charge in [0.2, 0.25) is 0 Å². The Morgan fingerprint density at radius 3 is 1.96 bits per heavy atom. The van der Waals surface area contributed by atoms with Crippen LogP contribution in [0.15, 0.2) is 36.5 Å². The molecular formula is C18H24O7. The van der Waals surface area contributed by atoms with E-state index < -0.39 is 36.2 Å². The molecule has 1 aliphatic heterocycles. The minimum Gasteiger partial charge on any atom is -0.459 e. The summed E-state index contributed by atoms with van der Waals surface area (Å²) >= 11 is 0. The van der Waals surface area contributed by atoms with Crippen LogP contribution in [-0.4, -0.2) is 49.4 Å². The van der Waals surface area contributed by atoms with Gasteiger partial charge in [-0.2, -0.15) is 0 Å². The molecule has 0 radical (unpaired) electrons. The number of hydrogen-bond acceptors (Lipinski definition) is 7. The van der Waals surface area contributed by atoms with E-state index in [1.807, 2.05) is 0 Å². The highest BCUT2D eigenvalue weighted by atomic mass is 16.6. The van der Waals surface area contributed by atoms with E-state index in [0.717, 1.165) is 0 Å². The van der Waals surface area contributed by atoms with Crippen molar-refractivity contribution in [1.29, 1.82) is 0 Å². The molecule has 0 aromatic carbocycles. The first-order valence-electron chi connectivity index (χ1n) is 7.79. The fourth-order valence-corrected chi connectivity index (χ4v) is 1.95. The highest BCUT2D eigenvalue weighted by molar-refractivity contribution is 5.88. The van der Waals surface area contributed by atoms with E-state index >= 15 is 0 Å². The van der Waals surface area contributed by atoms with Gasteiger partial charge < -0.3 is 18.9 Å². The van der Waals surface area contributed by atoms with Gasteiger partial charge in [-0.05, 0) is 20.8 Å². The summed E-state index contributed by atoms with van der Waals surface area (Å²) in [5, 5.41) is 0. The van der Waals surface area contributed by atoms with Gasteiger partial charge in [0.15, 0.2) is 0 Å². The van der Waals surface area contributed by atoms with Crippen molar-refractivity contribution in [3.05, 3.63) is 36.5 Å². The van der Waals surface area contributed by atoms with Gasteiger partial charge in [-0.15, -0.1) is 0 Å². The van der Waals surface area contributed by atoms with Crippen molar-refractivity contribution in [2.24, 2.45) is 0 Å². The number of ether oxygens (including phenoxy) is 4. The summed E-state index contributed by atoms with van der Waals surface area (Å²) in [6, 6.07) is 0. The third kappa shape index (κ3) is 6.54. The first-order valence-corrected chi connectivity index (χ1v) is 7.79. The average Bonchev–Trinajstić information content (AvgIpc) is 2.53. The van der Waals surface area contributed by atoms with Crippen molar-refractivity contribution in [2.75, 3.05) is 13.2 Å². The molecule has 1 fully saturated rings. The van der Waals surface area contributed by atoms with Crippen molar-refractivity contribution in [1.82, 2.24) is 0 Å². The van der Waals surface area contributed by atoms with E-state index in [4.69, 9.17) is 18.9 Å². The largest absolute Gasteiger partial charge is 0.459 e. The van der Waals surface area contributed by atoms with Crippen LogP contribution < -0.4 is 0 Å². The second-order valence-corrected chi connectivity index (χ2v) is 6.02. The molecular weight excluding hydrogens is 328 g/mol. The van der Waals surface area contributed by atoms with Gasteiger partial charge in [-0.25, -0.2) is 14.4 Å². The van der Waals surface area contributed by atoms with Crippen molar-refractivity contribution in [2.45, 2.75) is 45.5 Å². The molecule has 0 bridgehead atoms. The van der Waals surface area contributed by atoms with Crippen LogP contribution in [0, 0.1) is 0 Å². The predicted octanol–water partition coefficient (Wildman–Crippen LogP) is 1.87. The van der Waals surface area contributed by atoms with Crippen LogP contribution in [0.1, 0.15) is 27.2 Å². The first kappa shape index (κ1) is 20.6. The summed E-state index contributed by atoms with van der Waals surface area (Å²) in [7, 11) is 0. The van der Waals surface area contributed by atoms with E-state index in [-0.39, 0.29) is 36.4 Å². The molecule has 138 valence electrons. The van der Waals surface area contributed by atoms with Crippen LogP contribution in [0.25, 0.3) is 0 Å². The molecule has 0 aromatic heterocycles. The zero-order chi connectivity index (χ0) is 19.1. The summed E-state index contributed by atoms with van der Waals surface area (Å²) in [6.07, 6.45) is -1.81. The molecule has 3 atom stereocenters. The lowest BCUT2D eigenvalue weighted by atomic mass is 10.0. The molecule has 0 aliphatic carbocycles. The Balaban J connectivity index is 2.75. The maximum absolute atomic E-state index is 11.8. The molecule has 0 spiro atoms. The lowest BCUT2D eigenvalue weighted by Gasteiger charge is -2.35. The lowest BCUT2D eigenvalue weighted by Crippen LogP contribution is -2.47. The van der Waals surface area contributed by atoms with Crippen molar-refractivity contribution >= 4 is 17.9 Å². The summed E-state index contributed by atoms with van der Waals surface area (Å²) < 4.78 is 21.2. The number of esters is 3. The number of rotatable bonds is 7. The van der Waals surface area contributed by atoms with Crippen LogP contribution in [0.2, 0.25) is 0 Å². The van der Waals surface area contributed by atoms with Crippen LogP contribution in [0.3, 0.4) is 0 Å². The van der Waals surface area contributed by atoms with Gasteiger partial charge in [0.1, 0.15) is 24.9 Å². The monoisotopic (exact) mass is 352 g/mol. The lowest BCUT2D eigenvalue weighted by molar-refractivity contribution is -0.187. The number of carbonyl (C=O) groups excluding carboxylic acids is 3. The molecule has 0 aromatic rings. The summed E-state index contributed by atoms with van der Waals surface area (Å²) in [6.45, 7) is 15.1. The zero-order valence-electron chi connectivity index (χ0n) is 14.8. The molecule has 1 rings (SSSR count). The van der Waals surface area contributed by atoms with Crippen molar-refractivity contribution in [3.8, 4) is 0 Å². The van der Waals surface area contributed by atoms with Gasteiger partial charge in [-0.3, -0.25) is 0 Å². The molecule has 2 unspecified atom stereocenters. The standard InChI is InChI=1S/C18H24O7/c1-10(2)16(19)23-9-15-14(25-18(21)12(5)6)7-13(8-22-15)24-17(20)11(3)4/h13-15H,1,3,5,7-9H2,2,4,6H3/t13-,14?,15?/m0/s1. The zero-order valence-corrected chi connectivity index (χ0v) is 14.8. The Labute approximate surface area is 147 Å². The fourth-order valence-electron chi connectivity index (χ4n) is 1.95. The predicted molar refractivity (Wildman–Crippen MR) is 89.5 cm³/mol. The summed E-state index contributed by atoms with van der Waals surface area (Å²) in [5.41, 5.74) is 0.728. The maximum atomic E-state index is 11.8. The molecule has 0 saturated carbocycles. The molecule has 7 nitrogen and oxygen atoms in total. The molecule has 1 saturated heterocycles. The van der Waals surface area contributed by atoms with Crippen molar-refractivity contribution in [3.63, 3.8) is 0 Å². The number of hydrogen-bond donors (Lipinski definition) is 0. The Morgan fingerprint density at radius 1 is 0.920 bits per heavy atom. The summed E-state index contributed by atoms with van der Waals surface area (Å²) in [5.74, 6) is -1.72. The Bertz CT molecular complexity index is 590. The quantitative estimate of drug-likeness (QED) is 0.393. The maximum Gasteiger partial charge on any atom is 0.333 e. The van der Waals surface area contributed by atoms with Gasteiger partial charge >= 0.3 is 17.9 Å². The molecule has 0 amide bonds. The highest BCUT2D eigenvalue weighted by Crippen LogP contribution is 2.22. The van der Waals surface area contributed by atoms with Crippen LogP contribution >= 0.6 is 0 Å². The molecule has 0 N–H and O–H groups in total. The second-order valence-electron chi connectivity index (χ2n) is 6.02. The van der Waals surface area contributed by atoms with Crippen molar-refractivity contribution < 1.29 is 33.3 Å². The van der Waals surface area contributed by atoms with E-state index in [1.54, 1.807) is 0 Å². The van der Waals surface area contributed by atoms with Crippen LogP contribution in [0.4, 0.5) is 0 Å². The third-order valence-electron chi connectivity index (χ3n) is 3.36. The van der Waals surface area contributed by atoms with E-state index in [2.05, 4.69) is 19.7 Å². The molecule has 1 heterocycles. The normalized spacial score (nSPS) is 22.4. The highest BCUT2D eigenvalue weighted by Gasteiger charge is 2.37. The van der Waals surface area contributed by atoms with Gasteiger partial charge in [0.05, 0.1) is 6.61 Å². The SMILES string of the molecule is C=C(C)C(=O)OCC1OC[C@@H](OC(=O)C(=C)C)CC1OC(=O)C(=C)C. The Morgan fingerprint density at radius 2 is 1.44 bits per heavy atom. The van der Waals surface area contributed by atoms with E-state index in [0.29, 0.717) is 0 Å². The van der Waals surface area contributed by atoms with E-state index in [1.165, 1.54) is 20.8 Å². The minimum absolute atomic E-state index is 0.0927. The fraction of sp³-hybridized carbons (Fsp3) is 0.500. The minimum atomic E-state index is -0.751. The smallest absolute Gasteiger partial charge is 0.333 e. The first-order chi connectivity index (χ1) is 11.6. The van der Waals surface area contributed by atoms with Gasteiger partial charge in [0.25, 0.3) is 0 Å². The third-order valence-corrected chi connectivity index (χ3v) is 3.36. The second kappa shape index (κ2) is 9.17. The summed E-state index contributed by atoms with van der Waals surface area (Å²) in [4.78, 5) is 35.0. The number of carbonyl (C=O) groups is 3. The van der Waals surface area contributed by atoms with Gasteiger partial charge in [0, 0.05) is 23.1 Å².